The molecule has 2 aromatic carbocycles. The van der Waals surface area contributed by atoms with Crippen LogP contribution in [0.4, 0.5) is 0 Å². The maximum Gasteiger partial charge on any atom is 0.248 e. The molecule has 0 saturated heterocycles. The quantitative estimate of drug-likeness (QED) is 0.154. The van der Waals surface area contributed by atoms with Crippen LogP contribution in [0.3, 0.4) is 0 Å². The van der Waals surface area contributed by atoms with Crippen LogP contribution in [0.1, 0.15) is 27.2 Å². The maximum atomic E-state index is 12.4. The molecule has 34 heavy (non-hydrogen) atoms. The highest BCUT2D eigenvalue weighted by molar-refractivity contribution is 8.00. The van der Waals surface area contributed by atoms with Crippen LogP contribution in [-0.4, -0.2) is 39.1 Å². The number of rotatable bonds is 9. The Balaban J connectivity index is 1.46. The Morgan fingerprint density at radius 1 is 0.912 bits per heavy atom. The molecule has 0 bridgehead atoms. The number of benzene rings is 2. The number of nitrogens with zero attached hydrogens (tertiary/aromatic N) is 3. The molecule has 1 heterocycles. The smallest absolute Gasteiger partial charge is 0.248 e. The van der Waals surface area contributed by atoms with Crippen LogP contribution in [0.15, 0.2) is 70.8 Å². The third-order valence-corrected chi connectivity index (χ3v) is 6.14. The Morgan fingerprint density at radius 2 is 1.62 bits per heavy atom. The van der Waals surface area contributed by atoms with Crippen molar-refractivity contribution in [3.8, 4) is 6.07 Å². The number of carbonyl (C=O) groups excluding carboxylic acids is 3. The highest BCUT2D eigenvalue weighted by Crippen LogP contribution is 2.21. The van der Waals surface area contributed by atoms with Crippen LogP contribution in [0.25, 0.3) is 0 Å². The molecule has 172 valence electrons. The summed E-state index contributed by atoms with van der Waals surface area (Å²) in [7, 11) is 0. The number of amides is 2. The third-order valence-electron chi connectivity index (χ3n) is 4.38. The van der Waals surface area contributed by atoms with Gasteiger partial charge in [-0.25, -0.2) is 9.97 Å². The molecule has 0 aliphatic rings. The van der Waals surface area contributed by atoms with E-state index in [0.717, 1.165) is 5.56 Å². The van der Waals surface area contributed by atoms with E-state index in [1.165, 1.54) is 23.5 Å². The van der Waals surface area contributed by atoms with Crippen molar-refractivity contribution in [3.05, 3.63) is 83.0 Å². The van der Waals surface area contributed by atoms with Gasteiger partial charge in [0.15, 0.2) is 10.9 Å². The number of Topliss-reactive ketones (excluding diaryl/α,β-unsaturated/α-hetero) is 1. The Bertz CT molecular complexity index is 1210. The molecule has 0 fully saturated rings. The second-order valence-corrected chi connectivity index (χ2v) is 9.02. The first-order valence-electron chi connectivity index (χ1n) is 10.2. The number of nitrogens with one attached hydrogen (secondary N) is 2. The molecular weight excluding hydrogens is 470 g/mol. The number of hydrazine groups is 1. The predicted molar refractivity (Wildman–Crippen MR) is 130 cm³/mol. The fraction of sp³-hybridized carbons (Fsp3) is 0.167. The molecule has 0 saturated carbocycles. The molecule has 0 aliphatic carbocycles. The molecule has 0 spiro atoms. The fourth-order valence-corrected chi connectivity index (χ4v) is 4.35. The molecule has 3 aromatic rings. The van der Waals surface area contributed by atoms with Crippen molar-refractivity contribution in [2.24, 2.45) is 0 Å². The van der Waals surface area contributed by atoms with Gasteiger partial charge in [-0.05, 0) is 30.7 Å². The van der Waals surface area contributed by atoms with Gasteiger partial charge in [-0.2, -0.15) is 5.26 Å². The molecule has 0 atom stereocenters. The summed E-state index contributed by atoms with van der Waals surface area (Å²) >= 11 is 2.41. The monoisotopic (exact) mass is 491 g/mol. The minimum Gasteiger partial charge on any atom is -0.293 e. The summed E-state index contributed by atoms with van der Waals surface area (Å²) in [6.07, 6.45) is 0.168. The van der Waals surface area contributed by atoms with E-state index in [1.54, 1.807) is 30.3 Å². The van der Waals surface area contributed by atoms with Crippen LogP contribution in [0.2, 0.25) is 0 Å². The number of aromatic nitrogens is 2. The Morgan fingerprint density at radius 3 is 2.32 bits per heavy atom. The molecular formula is C24H21N5O3S2. The number of hydrogen-bond donors (Lipinski definition) is 2. The Labute approximate surface area is 205 Å². The van der Waals surface area contributed by atoms with Crippen molar-refractivity contribution in [3.63, 3.8) is 0 Å². The highest BCUT2D eigenvalue weighted by Gasteiger charge is 2.11. The second kappa shape index (κ2) is 12.5. The molecule has 8 nitrogen and oxygen atoms in total. The lowest BCUT2D eigenvalue weighted by Crippen LogP contribution is -2.43. The van der Waals surface area contributed by atoms with E-state index in [4.69, 9.17) is 5.26 Å². The van der Waals surface area contributed by atoms with Gasteiger partial charge in [-0.15, -0.1) is 0 Å². The number of hydrogen-bond acceptors (Lipinski definition) is 8. The molecule has 3 rings (SSSR count). The molecule has 0 unspecified atom stereocenters. The summed E-state index contributed by atoms with van der Waals surface area (Å²) in [5.74, 6) is -0.579. The lowest BCUT2D eigenvalue weighted by Gasteiger charge is -2.08. The molecule has 1 aromatic heterocycles. The minimum atomic E-state index is -0.368. The van der Waals surface area contributed by atoms with Crippen molar-refractivity contribution in [2.45, 2.75) is 23.5 Å². The first-order chi connectivity index (χ1) is 16.4. The standard InChI is InChI=1S/C24H21N5O3S2/c1-16-11-23(33-15-22(32)29-28-21(31)12-17-5-3-2-4-6-17)27-24(26-16)34-14-20(30)19-9-7-18(13-25)8-10-19/h2-11H,12,14-15H2,1H3,(H,28,31)(H,29,32). The predicted octanol–water partition coefficient (Wildman–Crippen LogP) is 3.11. The molecule has 2 amide bonds. The SMILES string of the molecule is Cc1cc(SCC(=O)NNC(=O)Cc2ccccc2)nc(SCC(=O)c2ccc(C#N)cc2)n1. The fourth-order valence-electron chi connectivity index (χ4n) is 2.74. The average Bonchev–Trinajstić information content (AvgIpc) is 2.85. The van der Waals surface area contributed by atoms with Crippen LogP contribution in [-0.2, 0) is 16.0 Å². The maximum absolute atomic E-state index is 12.4. The summed E-state index contributed by atoms with van der Waals surface area (Å²) in [5, 5.41) is 9.88. The Kier molecular flexibility index (Phi) is 9.20. The number of thioether (sulfide) groups is 2. The van der Waals surface area contributed by atoms with E-state index in [0.29, 0.717) is 27.0 Å². The zero-order chi connectivity index (χ0) is 24.3. The first-order valence-corrected chi connectivity index (χ1v) is 12.2. The van der Waals surface area contributed by atoms with Crippen LogP contribution >= 0.6 is 23.5 Å². The molecule has 2 N–H and O–H groups in total. The summed E-state index contributed by atoms with van der Waals surface area (Å²) in [6.45, 7) is 1.81. The van der Waals surface area contributed by atoms with E-state index in [-0.39, 0.29) is 35.5 Å². The number of ketones is 1. The highest BCUT2D eigenvalue weighted by atomic mass is 32.2. The van der Waals surface area contributed by atoms with E-state index in [1.807, 2.05) is 43.3 Å². The van der Waals surface area contributed by atoms with E-state index < -0.39 is 0 Å². The van der Waals surface area contributed by atoms with Crippen molar-refractivity contribution in [1.82, 2.24) is 20.8 Å². The normalized spacial score (nSPS) is 10.2. The molecule has 10 heteroatoms. The van der Waals surface area contributed by atoms with Gasteiger partial charge in [-0.3, -0.25) is 25.2 Å². The molecule has 0 radical (unpaired) electrons. The lowest BCUT2D eigenvalue weighted by atomic mass is 10.1. The summed E-state index contributed by atoms with van der Waals surface area (Å²) < 4.78 is 0. The number of nitriles is 1. The molecule has 0 aliphatic heterocycles. The van der Waals surface area contributed by atoms with Gasteiger partial charge in [0.05, 0.1) is 29.6 Å². The number of carbonyl (C=O) groups is 3. The zero-order valence-corrected chi connectivity index (χ0v) is 19.9. The number of aryl methyl sites for hydroxylation is 1. The largest absolute Gasteiger partial charge is 0.293 e. The van der Waals surface area contributed by atoms with E-state index in [9.17, 15) is 14.4 Å². The zero-order valence-electron chi connectivity index (χ0n) is 18.3. The van der Waals surface area contributed by atoms with Gasteiger partial charge in [0.25, 0.3) is 0 Å². The van der Waals surface area contributed by atoms with E-state index in [2.05, 4.69) is 20.8 Å². The van der Waals surface area contributed by atoms with Gasteiger partial charge in [0, 0.05) is 11.3 Å². The van der Waals surface area contributed by atoms with Crippen molar-refractivity contribution in [1.29, 1.82) is 5.26 Å². The summed E-state index contributed by atoms with van der Waals surface area (Å²) in [4.78, 5) is 45.2. The van der Waals surface area contributed by atoms with Gasteiger partial charge in [0.1, 0.15) is 5.03 Å². The second-order valence-electron chi connectivity index (χ2n) is 7.08. The third kappa shape index (κ3) is 8.03. The topological polar surface area (TPSA) is 125 Å². The van der Waals surface area contributed by atoms with Gasteiger partial charge in [-0.1, -0.05) is 66.0 Å². The summed E-state index contributed by atoms with van der Waals surface area (Å²) in [6, 6.07) is 19.4. The summed E-state index contributed by atoms with van der Waals surface area (Å²) in [5.41, 5.74) is 7.36. The van der Waals surface area contributed by atoms with Gasteiger partial charge in [0.2, 0.25) is 11.8 Å². The first kappa shape index (κ1) is 25.0. The Hall–Kier alpha value is -3.68. The minimum absolute atomic E-state index is 0.0519. The average molecular weight is 492 g/mol. The van der Waals surface area contributed by atoms with Crippen LogP contribution in [0.5, 0.6) is 0 Å². The lowest BCUT2D eigenvalue weighted by molar-refractivity contribution is -0.127. The van der Waals surface area contributed by atoms with Gasteiger partial charge >= 0.3 is 0 Å². The van der Waals surface area contributed by atoms with Gasteiger partial charge < -0.3 is 0 Å². The van der Waals surface area contributed by atoms with Crippen molar-refractivity contribution in [2.75, 3.05) is 11.5 Å². The van der Waals surface area contributed by atoms with Crippen LogP contribution < -0.4 is 10.9 Å². The van der Waals surface area contributed by atoms with E-state index >= 15 is 0 Å². The van der Waals surface area contributed by atoms with Crippen molar-refractivity contribution >= 4 is 41.1 Å². The van der Waals surface area contributed by atoms with Crippen molar-refractivity contribution < 1.29 is 14.4 Å². The van der Waals surface area contributed by atoms with Crippen LogP contribution in [0, 0.1) is 18.3 Å².